The topological polar surface area (TPSA) is 42.7 Å². The number of furan rings is 1. The van der Waals surface area contributed by atoms with Gasteiger partial charge in [-0.1, -0.05) is 12.1 Å². The Morgan fingerprint density at radius 1 is 1.29 bits per heavy atom. The van der Waals surface area contributed by atoms with Crippen molar-refractivity contribution in [2.24, 2.45) is 0 Å². The summed E-state index contributed by atoms with van der Waals surface area (Å²) in [6.07, 6.45) is 0.770. The van der Waals surface area contributed by atoms with E-state index < -0.39 is 6.43 Å². The molecule has 128 valence electrons. The molecular formula is C18H19F2NO3. The molecule has 0 bridgehead atoms. The molecule has 6 heteroatoms. The predicted molar refractivity (Wildman–Crippen MR) is 83.8 cm³/mol. The first-order chi connectivity index (χ1) is 11.6. The zero-order valence-electron chi connectivity index (χ0n) is 13.2. The van der Waals surface area contributed by atoms with Crippen molar-refractivity contribution in [1.82, 2.24) is 4.90 Å². The SMILES string of the molecule is O=C(c1cccc(C(F)F)c1)N(Cc1ccco1)CC1CCCO1. The zero-order chi connectivity index (χ0) is 16.9. The molecule has 1 saturated heterocycles. The quantitative estimate of drug-likeness (QED) is 0.800. The average Bonchev–Trinajstić information content (AvgIpc) is 3.27. The number of alkyl halides is 2. The van der Waals surface area contributed by atoms with Crippen LogP contribution in [-0.4, -0.2) is 30.1 Å². The summed E-state index contributed by atoms with van der Waals surface area (Å²) in [6, 6.07) is 9.13. The van der Waals surface area contributed by atoms with Gasteiger partial charge in [-0.3, -0.25) is 4.79 Å². The predicted octanol–water partition coefficient (Wildman–Crippen LogP) is 4.04. The number of benzene rings is 1. The molecule has 1 aliphatic heterocycles. The van der Waals surface area contributed by atoms with E-state index in [2.05, 4.69) is 0 Å². The summed E-state index contributed by atoms with van der Waals surface area (Å²) in [5.41, 5.74) is 0.0910. The third kappa shape index (κ3) is 4.00. The van der Waals surface area contributed by atoms with E-state index in [0.29, 0.717) is 18.9 Å². The molecule has 1 unspecified atom stereocenters. The van der Waals surface area contributed by atoms with E-state index in [9.17, 15) is 13.6 Å². The second-order valence-electron chi connectivity index (χ2n) is 5.83. The summed E-state index contributed by atoms with van der Waals surface area (Å²) in [4.78, 5) is 14.4. The standard InChI is InChI=1S/C18H19F2NO3/c19-17(20)13-4-1-5-14(10-13)18(22)21(11-15-6-2-8-23-15)12-16-7-3-9-24-16/h1-2,4-6,8,10,16-17H,3,7,9,11-12H2. The van der Waals surface area contributed by atoms with Gasteiger partial charge in [0.15, 0.2) is 0 Å². The van der Waals surface area contributed by atoms with Gasteiger partial charge in [-0.05, 0) is 37.1 Å². The number of rotatable bonds is 6. The summed E-state index contributed by atoms with van der Waals surface area (Å²) < 4.78 is 36.7. The molecule has 2 heterocycles. The molecule has 0 spiro atoms. The molecule has 1 atom stereocenters. The normalized spacial score (nSPS) is 17.4. The Morgan fingerprint density at radius 2 is 2.17 bits per heavy atom. The van der Waals surface area contributed by atoms with Crippen LogP contribution in [0.2, 0.25) is 0 Å². The Bertz CT molecular complexity index is 667. The first-order valence-corrected chi connectivity index (χ1v) is 7.95. The van der Waals surface area contributed by atoms with Gasteiger partial charge in [-0.2, -0.15) is 0 Å². The summed E-state index contributed by atoms with van der Waals surface area (Å²) >= 11 is 0. The summed E-state index contributed by atoms with van der Waals surface area (Å²) in [5, 5.41) is 0. The van der Waals surface area contributed by atoms with Crippen LogP contribution in [0.25, 0.3) is 0 Å². The van der Waals surface area contributed by atoms with Gasteiger partial charge in [-0.15, -0.1) is 0 Å². The van der Waals surface area contributed by atoms with Crippen LogP contribution in [0.5, 0.6) is 0 Å². The lowest BCUT2D eigenvalue weighted by Crippen LogP contribution is -2.36. The molecule has 2 aromatic rings. The van der Waals surface area contributed by atoms with Gasteiger partial charge in [0.05, 0.1) is 18.9 Å². The van der Waals surface area contributed by atoms with Crippen LogP contribution >= 0.6 is 0 Å². The second kappa shape index (κ2) is 7.57. The molecule has 1 aromatic heterocycles. The molecule has 1 aliphatic rings. The molecule has 0 aliphatic carbocycles. The molecule has 24 heavy (non-hydrogen) atoms. The minimum atomic E-state index is -2.60. The van der Waals surface area contributed by atoms with E-state index >= 15 is 0 Å². The van der Waals surface area contributed by atoms with Crippen LogP contribution in [0.1, 0.15) is 40.9 Å². The fourth-order valence-corrected chi connectivity index (χ4v) is 2.83. The van der Waals surface area contributed by atoms with Crippen molar-refractivity contribution in [3.8, 4) is 0 Å². The minimum Gasteiger partial charge on any atom is -0.467 e. The molecule has 4 nitrogen and oxygen atoms in total. The number of hydrogen-bond acceptors (Lipinski definition) is 3. The molecule has 0 radical (unpaired) electrons. The van der Waals surface area contributed by atoms with E-state index in [-0.39, 0.29) is 29.7 Å². The van der Waals surface area contributed by atoms with Crippen molar-refractivity contribution in [3.05, 3.63) is 59.5 Å². The highest BCUT2D eigenvalue weighted by atomic mass is 19.3. The van der Waals surface area contributed by atoms with Crippen molar-refractivity contribution in [2.75, 3.05) is 13.2 Å². The zero-order valence-corrected chi connectivity index (χ0v) is 13.2. The highest BCUT2D eigenvalue weighted by Crippen LogP contribution is 2.22. The highest BCUT2D eigenvalue weighted by molar-refractivity contribution is 5.94. The van der Waals surface area contributed by atoms with Gasteiger partial charge < -0.3 is 14.1 Å². The Morgan fingerprint density at radius 3 is 2.83 bits per heavy atom. The summed E-state index contributed by atoms with van der Waals surface area (Å²) in [6.45, 7) is 1.39. The number of ether oxygens (including phenoxy) is 1. The lowest BCUT2D eigenvalue weighted by Gasteiger charge is -2.25. The van der Waals surface area contributed by atoms with E-state index in [1.54, 1.807) is 29.4 Å². The van der Waals surface area contributed by atoms with E-state index in [1.807, 2.05) is 0 Å². The lowest BCUT2D eigenvalue weighted by atomic mass is 10.1. The van der Waals surface area contributed by atoms with Gasteiger partial charge in [0.25, 0.3) is 12.3 Å². The van der Waals surface area contributed by atoms with Gasteiger partial charge in [-0.25, -0.2) is 8.78 Å². The van der Waals surface area contributed by atoms with Crippen molar-refractivity contribution < 1.29 is 22.7 Å². The second-order valence-corrected chi connectivity index (χ2v) is 5.83. The molecule has 1 amide bonds. The van der Waals surface area contributed by atoms with Crippen molar-refractivity contribution in [1.29, 1.82) is 0 Å². The minimum absolute atomic E-state index is 0.0257. The number of hydrogen-bond donors (Lipinski definition) is 0. The maximum Gasteiger partial charge on any atom is 0.263 e. The third-order valence-corrected chi connectivity index (χ3v) is 4.05. The molecule has 1 aromatic carbocycles. The fourth-order valence-electron chi connectivity index (χ4n) is 2.83. The maximum atomic E-state index is 12.9. The van der Waals surface area contributed by atoms with Crippen LogP contribution in [-0.2, 0) is 11.3 Å². The number of halogens is 2. The number of nitrogens with zero attached hydrogens (tertiary/aromatic N) is 1. The van der Waals surface area contributed by atoms with Gasteiger partial charge >= 0.3 is 0 Å². The van der Waals surface area contributed by atoms with E-state index in [0.717, 1.165) is 12.8 Å². The Labute approximate surface area is 139 Å². The Kier molecular flexibility index (Phi) is 5.25. The van der Waals surface area contributed by atoms with Gasteiger partial charge in [0, 0.05) is 24.3 Å². The molecule has 0 N–H and O–H groups in total. The van der Waals surface area contributed by atoms with Crippen molar-refractivity contribution >= 4 is 5.91 Å². The first kappa shape index (κ1) is 16.6. The highest BCUT2D eigenvalue weighted by Gasteiger charge is 2.25. The molecule has 3 rings (SSSR count). The van der Waals surface area contributed by atoms with Crippen LogP contribution in [0.4, 0.5) is 8.78 Å². The number of carbonyl (C=O) groups is 1. The third-order valence-electron chi connectivity index (χ3n) is 4.05. The van der Waals surface area contributed by atoms with Crippen LogP contribution in [0.15, 0.2) is 47.1 Å². The molecular weight excluding hydrogens is 316 g/mol. The number of carbonyl (C=O) groups excluding carboxylic acids is 1. The molecule has 1 fully saturated rings. The van der Waals surface area contributed by atoms with Gasteiger partial charge in [0.1, 0.15) is 5.76 Å². The van der Waals surface area contributed by atoms with Gasteiger partial charge in [0.2, 0.25) is 0 Å². The van der Waals surface area contributed by atoms with Crippen molar-refractivity contribution in [3.63, 3.8) is 0 Å². The maximum absolute atomic E-state index is 12.9. The Balaban J connectivity index is 1.80. The average molecular weight is 335 g/mol. The summed E-state index contributed by atoms with van der Waals surface area (Å²) in [7, 11) is 0. The summed E-state index contributed by atoms with van der Waals surface area (Å²) in [5.74, 6) is 0.343. The van der Waals surface area contributed by atoms with Crippen LogP contribution in [0, 0.1) is 0 Å². The smallest absolute Gasteiger partial charge is 0.263 e. The lowest BCUT2D eigenvalue weighted by molar-refractivity contribution is 0.0491. The van der Waals surface area contributed by atoms with Crippen LogP contribution < -0.4 is 0 Å². The number of amides is 1. The van der Waals surface area contributed by atoms with Crippen LogP contribution in [0.3, 0.4) is 0 Å². The first-order valence-electron chi connectivity index (χ1n) is 7.95. The van der Waals surface area contributed by atoms with Crippen molar-refractivity contribution in [2.45, 2.75) is 31.9 Å². The van der Waals surface area contributed by atoms with E-state index in [1.165, 1.54) is 18.2 Å². The fraction of sp³-hybridized carbons (Fsp3) is 0.389. The monoisotopic (exact) mass is 335 g/mol. The van der Waals surface area contributed by atoms with E-state index in [4.69, 9.17) is 9.15 Å². The molecule has 0 saturated carbocycles. The Hall–Kier alpha value is -2.21. The largest absolute Gasteiger partial charge is 0.467 e.